The van der Waals surface area contributed by atoms with Gasteiger partial charge in [0.1, 0.15) is 5.84 Å². The normalized spacial score (nSPS) is 22.1. The van der Waals surface area contributed by atoms with Crippen molar-refractivity contribution in [1.29, 1.82) is 0 Å². The summed E-state index contributed by atoms with van der Waals surface area (Å²) < 4.78 is 11.0. The Labute approximate surface area is 212 Å². The van der Waals surface area contributed by atoms with Crippen molar-refractivity contribution in [2.75, 3.05) is 26.5 Å². The van der Waals surface area contributed by atoms with Gasteiger partial charge in [-0.1, -0.05) is 38.2 Å². The Morgan fingerprint density at radius 2 is 1.97 bits per heavy atom. The molecule has 3 amide bonds. The molecule has 194 valence electrons. The Morgan fingerprint density at radius 3 is 2.61 bits per heavy atom. The number of nitrogens with one attached hydrogen (secondary N) is 2. The van der Waals surface area contributed by atoms with Crippen molar-refractivity contribution < 1.29 is 24.2 Å². The average Bonchev–Trinajstić information content (AvgIpc) is 3.46. The SMILES string of the molecule is CC1(C)C2=C(CN1C(=O)NC(CO)c1cccc3c1OCO3)C(NC(=O)C1([Si](C)(C)C)CCC1)=NC2. The molecule has 0 aromatic heterocycles. The molecule has 0 spiro atoms. The molecule has 1 aromatic rings. The van der Waals surface area contributed by atoms with Crippen LogP contribution in [0, 0.1) is 0 Å². The highest BCUT2D eigenvalue weighted by Gasteiger charge is 2.54. The lowest BCUT2D eigenvalue weighted by atomic mass is 9.83. The highest BCUT2D eigenvalue weighted by atomic mass is 28.3. The Kier molecular flexibility index (Phi) is 5.94. The maximum Gasteiger partial charge on any atom is 0.318 e. The molecule has 36 heavy (non-hydrogen) atoms. The van der Waals surface area contributed by atoms with Gasteiger partial charge in [0.05, 0.1) is 39.4 Å². The summed E-state index contributed by atoms with van der Waals surface area (Å²) in [5.74, 6) is 1.83. The molecular weight excluding hydrogens is 476 g/mol. The number of benzene rings is 1. The maximum atomic E-state index is 13.5. The number of urea groups is 1. The van der Waals surface area contributed by atoms with Crippen LogP contribution in [0.3, 0.4) is 0 Å². The minimum atomic E-state index is -1.72. The first-order valence-corrected chi connectivity index (χ1v) is 16.2. The van der Waals surface area contributed by atoms with Gasteiger partial charge >= 0.3 is 6.03 Å². The van der Waals surface area contributed by atoms with Gasteiger partial charge in [-0.3, -0.25) is 9.79 Å². The molecule has 9 nitrogen and oxygen atoms in total. The van der Waals surface area contributed by atoms with Crippen molar-refractivity contribution in [3.05, 3.63) is 34.9 Å². The Balaban J connectivity index is 1.31. The summed E-state index contributed by atoms with van der Waals surface area (Å²) in [5.41, 5.74) is 2.05. The van der Waals surface area contributed by atoms with Gasteiger partial charge in [-0.05, 0) is 38.3 Å². The van der Waals surface area contributed by atoms with E-state index < -0.39 is 19.7 Å². The molecule has 1 unspecified atom stereocenters. The van der Waals surface area contributed by atoms with E-state index in [4.69, 9.17) is 9.47 Å². The number of aliphatic hydroxyl groups excluding tert-OH is 1. The third-order valence-corrected chi connectivity index (χ3v) is 12.2. The molecule has 10 heteroatoms. The number of aliphatic hydroxyl groups is 1. The number of nitrogens with zero attached hydrogens (tertiary/aromatic N) is 2. The number of amides is 3. The molecule has 3 aliphatic heterocycles. The van der Waals surface area contributed by atoms with E-state index in [2.05, 4.69) is 35.3 Å². The van der Waals surface area contributed by atoms with Crippen LogP contribution in [0.15, 0.2) is 34.3 Å². The minimum absolute atomic E-state index is 0.0848. The van der Waals surface area contributed by atoms with Crippen LogP contribution in [0.2, 0.25) is 24.7 Å². The first-order chi connectivity index (χ1) is 17.0. The smallest absolute Gasteiger partial charge is 0.318 e. The van der Waals surface area contributed by atoms with Crippen molar-refractivity contribution in [3.63, 3.8) is 0 Å². The third-order valence-electron chi connectivity index (χ3n) is 8.61. The third kappa shape index (κ3) is 3.73. The van der Waals surface area contributed by atoms with E-state index in [1.165, 1.54) is 0 Å². The molecule has 1 aliphatic carbocycles. The molecule has 1 atom stereocenters. The van der Waals surface area contributed by atoms with Gasteiger partial charge in [0, 0.05) is 16.2 Å². The van der Waals surface area contributed by atoms with E-state index in [0.717, 1.165) is 30.4 Å². The lowest BCUT2D eigenvalue weighted by Gasteiger charge is -2.49. The Hall–Kier alpha value is -2.85. The van der Waals surface area contributed by atoms with Gasteiger partial charge in [0.2, 0.25) is 12.7 Å². The first-order valence-electron chi connectivity index (χ1n) is 12.7. The van der Waals surface area contributed by atoms with Crippen LogP contribution in [-0.2, 0) is 4.79 Å². The standard InChI is InChI=1S/C26H36N4O5Si/c1-25(2)18-12-27-22(29-23(32)26(10-7-11-26)36(3,4)5)17(18)13-30(25)24(33)28-19(14-31)16-8-6-9-20-21(16)35-15-34-20/h6,8-9,19,31H,7,10-15H2,1-5H3,(H,28,33)(H,27,29,32). The molecule has 4 aliphatic rings. The van der Waals surface area contributed by atoms with E-state index in [0.29, 0.717) is 36.0 Å². The van der Waals surface area contributed by atoms with E-state index in [-0.39, 0.29) is 30.4 Å². The number of ether oxygens (including phenoxy) is 2. The van der Waals surface area contributed by atoms with Crippen LogP contribution in [0.4, 0.5) is 4.79 Å². The molecule has 3 heterocycles. The quantitative estimate of drug-likeness (QED) is 0.524. The van der Waals surface area contributed by atoms with Gasteiger partial charge in [0.15, 0.2) is 11.5 Å². The zero-order valence-electron chi connectivity index (χ0n) is 21.7. The number of aliphatic imine (C=N–C) groups is 1. The summed E-state index contributed by atoms with van der Waals surface area (Å²) in [5, 5.41) is 16.0. The molecular formula is C26H36N4O5Si. The zero-order valence-corrected chi connectivity index (χ0v) is 22.7. The summed E-state index contributed by atoms with van der Waals surface area (Å²) in [6, 6.07) is 4.48. The number of hydrogen-bond acceptors (Lipinski definition) is 6. The summed E-state index contributed by atoms with van der Waals surface area (Å²) >= 11 is 0. The van der Waals surface area contributed by atoms with Crippen LogP contribution in [0.1, 0.15) is 44.7 Å². The fourth-order valence-electron chi connectivity index (χ4n) is 5.94. The van der Waals surface area contributed by atoms with Crippen molar-refractivity contribution in [2.24, 2.45) is 4.99 Å². The zero-order chi connectivity index (χ0) is 25.9. The van der Waals surface area contributed by atoms with Gasteiger partial charge in [-0.15, -0.1) is 0 Å². The molecule has 1 aromatic carbocycles. The molecule has 0 saturated heterocycles. The number of carbonyl (C=O) groups excluding carboxylic acids is 2. The fourth-order valence-corrected chi connectivity index (χ4v) is 8.53. The molecule has 3 N–H and O–H groups in total. The van der Waals surface area contributed by atoms with Crippen molar-refractivity contribution in [3.8, 4) is 11.5 Å². The van der Waals surface area contributed by atoms with Gasteiger partial charge in [0.25, 0.3) is 0 Å². The number of amidine groups is 1. The number of carbonyl (C=O) groups is 2. The average molecular weight is 513 g/mol. The lowest BCUT2D eigenvalue weighted by molar-refractivity contribution is -0.125. The Morgan fingerprint density at radius 1 is 1.22 bits per heavy atom. The number of para-hydroxylation sites is 1. The number of hydrogen-bond donors (Lipinski definition) is 3. The fraction of sp³-hybridized carbons (Fsp3) is 0.577. The van der Waals surface area contributed by atoms with Crippen molar-refractivity contribution >= 4 is 25.8 Å². The molecule has 0 bridgehead atoms. The summed E-state index contributed by atoms with van der Waals surface area (Å²) in [4.78, 5) is 33.3. The second kappa shape index (κ2) is 8.62. The van der Waals surface area contributed by atoms with Crippen LogP contribution < -0.4 is 20.1 Å². The second-order valence-electron chi connectivity index (χ2n) is 11.7. The van der Waals surface area contributed by atoms with Crippen LogP contribution in [-0.4, -0.2) is 67.9 Å². The predicted octanol–water partition coefficient (Wildman–Crippen LogP) is 3.34. The summed E-state index contributed by atoms with van der Waals surface area (Å²) in [6.07, 6.45) is 2.97. The van der Waals surface area contributed by atoms with Gasteiger partial charge in [-0.25, -0.2) is 4.79 Å². The Bertz CT molecular complexity index is 1170. The van der Waals surface area contributed by atoms with Crippen LogP contribution in [0.25, 0.3) is 0 Å². The predicted molar refractivity (Wildman–Crippen MR) is 139 cm³/mol. The van der Waals surface area contributed by atoms with Crippen molar-refractivity contribution in [1.82, 2.24) is 15.5 Å². The summed E-state index contributed by atoms with van der Waals surface area (Å²) in [6.45, 7) is 11.4. The lowest BCUT2D eigenvalue weighted by Crippen LogP contribution is -2.55. The number of rotatable bonds is 5. The monoisotopic (exact) mass is 512 g/mol. The van der Waals surface area contributed by atoms with E-state index >= 15 is 0 Å². The summed E-state index contributed by atoms with van der Waals surface area (Å²) in [7, 11) is -1.72. The highest BCUT2D eigenvalue weighted by molar-refractivity contribution is 6.82. The topological polar surface area (TPSA) is 112 Å². The minimum Gasteiger partial charge on any atom is -0.454 e. The van der Waals surface area contributed by atoms with E-state index in [1.807, 2.05) is 26.0 Å². The van der Waals surface area contributed by atoms with Crippen LogP contribution >= 0.6 is 0 Å². The van der Waals surface area contributed by atoms with E-state index in [1.54, 1.807) is 11.0 Å². The van der Waals surface area contributed by atoms with Gasteiger partial charge < -0.3 is 30.1 Å². The molecule has 5 rings (SSSR count). The number of fused-ring (bicyclic) bond motifs is 1. The van der Waals surface area contributed by atoms with E-state index in [9.17, 15) is 14.7 Å². The first kappa shape index (κ1) is 24.8. The van der Waals surface area contributed by atoms with Crippen molar-refractivity contribution in [2.45, 2.75) is 69.4 Å². The largest absolute Gasteiger partial charge is 0.454 e. The highest BCUT2D eigenvalue weighted by Crippen LogP contribution is 2.55. The maximum absolute atomic E-state index is 13.5. The molecule has 1 saturated carbocycles. The molecule has 0 radical (unpaired) electrons. The van der Waals surface area contributed by atoms with Crippen LogP contribution in [0.5, 0.6) is 11.5 Å². The van der Waals surface area contributed by atoms with Gasteiger partial charge in [-0.2, -0.15) is 0 Å². The second-order valence-corrected chi connectivity index (χ2v) is 17.1. The molecule has 1 fully saturated rings.